The van der Waals surface area contributed by atoms with Gasteiger partial charge in [0.05, 0.1) is 0 Å². The van der Waals surface area contributed by atoms with Crippen LogP contribution in [0.25, 0.3) is 0 Å². The van der Waals surface area contributed by atoms with Gasteiger partial charge >= 0.3 is 6.18 Å². The van der Waals surface area contributed by atoms with Crippen molar-refractivity contribution in [2.45, 2.75) is 38.4 Å². The predicted octanol–water partition coefficient (Wildman–Crippen LogP) is 2.11. The number of hydrogen-bond acceptors (Lipinski definition) is 3. The summed E-state index contributed by atoms with van der Waals surface area (Å²) in [5, 5.41) is 3.63. The van der Waals surface area contributed by atoms with Crippen LogP contribution in [-0.4, -0.2) is 26.5 Å². The van der Waals surface area contributed by atoms with Crippen molar-refractivity contribution in [3.05, 3.63) is 47.0 Å². The lowest BCUT2D eigenvalue weighted by Crippen LogP contribution is -2.20. The number of aromatic nitrogens is 3. The minimum atomic E-state index is -4.54. The maximum Gasteiger partial charge on any atom is 0.435 e. The summed E-state index contributed by atoms with van der Waals surface area (Å²) in [7, 11) is 0. The number of nitrogens with zero attached hydrogens (tertiary/aromatic N) is 4. The van der Waals surface area contributed by atoms with Gasteiger partial charge in [-0.1, -0.05) is 6.07 Å². The Morgan fingerprint density at radius 2 is 2.04 bits per heavy atom. The van der Waals surface area contributed by atoms with Gasteiger partial charge in [-0.3, -0.25) is 14.5 Å². The molecule has 2 heterocycles. The summed E-state index contributed by atoms with van der Waals surface area (Å²) in [5.41, 5.74) is 5.79. The van der Waals surface area contributed by atoms with E-state index in [1.54, 1.807) is 18.2 Å². The Balaban J connectivity index is 1.86. The van der Waals surface area contributed by atoms with E-state index in [-0.39, 0.29) is 17.9 Å². The molecule has 1 aliphatic carbocycles. The third-order valence-corrected chi connectivity index (χ3v) is 3.98. The van der Waals surface area contributed by atoms with E-state index in [1.807, 2.05) is 0 Å². The van der Waals surface area contributed by atoms with Crippen LogP contribution >= 0.6 is 0 Å². The van der Waals surface area contributed by atoms with Crippen molar-refractivity contribution in [1.82, 2.24) is 14.8 Å². The summed E-state index contributed by atoms with van der Waals surface area (Å²) < 4.78 is 40.5. The second-order valence-corrected chi connectivity index (χ2v) is 5.74. The Morgan fingerprint density at radius 1 is 1.28 bits per heavy atom. The molecule has 0 radical (unpaired) electrons. The number of aliphatic imine (C=N–C) groups is 1. The molecule has 0 unspecified atom stereocenters. The fourth-order valence-electron chi connectivity index (χ4n) is 2.90. The third-order valence-electron chi connectivity index (χ3n) is 3.98. The van der Waals surface area contributed by atoms with Gasteiger partial charge in [-0.15, -0.1) is 0 Å². The van der Waals surface area contributed by atoms with Crippen LogP contribution in [0, 0.1) is 0 Å². The molecule has 0 spiro atoms. The Kier molecular flexibility index (Phi) is 4.56. The van der Waals surface area contributed by atoms with E-state index in [0.717, 1.165) is 11.1 Å². The Hall–Kier alpha value is -2.71. The van der Waals surface area contributed by atoms with Crippen molar-refractivity contribution in [1.29, 1.82) is 0 Å². The summed E-state index contributed by atoms with van der Waals surface area (Å²) in [4.78, 5) is 19.8. The molecule has 0 aromatic carbocycles. The van der Waals surface area contributed by atoms with E-state index in [1.165, 1.54) is 6.20 Å². The molecule has 0 saturated carbocycles. The fraction of sp³-hybridized carbons (Fsp3) is 0.375. The van der Waals surface area contributed by atoms with Gasteiger partial charge in [0.25, 0.3) is 5.91 Å². The van der Waals surface area contributed by atoms with Gasteiger partial charge in [0, 0.05) is 17.5 Å². The lowest BCUT2D eigenvalue weighted by atomic mass is 9.95. The average molecular weight is 351 g/mol. The smallest absolute Gasteiger partial charge is 0.382 e. The van der Waals surface area contributed by atoms with E-state index in [2.05, 4.69) is 15.1 Å². The molecule has 1 amide bonds. The molecule has 6 nitrogen and oxygen atoms in total. The van der Waals surface area contributed by atoms with Crippen LogP contribution in [-0.2, 0) is 30.4 Å². The first-order chi connectivity index (χ1) is 11.9. The fourth-order valence-corrected chi connectivity index (χ4v) is 2.90. The first-order valence-corrected chi connectivity index (χ1v) is 7.80. The largest absolute Gasteiger partial charge is 0.435 e. The van der Waals surface area contributed by atoms with Crippen LogP contribution < -0.4 is 5.73 Å². The van der Waals surface area contributed by atoms with Crippen molar-refractivity contribution in [2.75, 3.05) is 0 Å². The molecule has 132 valence electrons. The van der Waals surface area contributed by atoms with Crippen molar-refractivity contribution in [3.63, 3.8) is 0 Å². The second-order valence-electron chi connectivity index (χ2n) is 5.74. The Morgan fingerprint density at radius 3 is 2.72 bits per heavy atom. The molecule has 0 bridgehead atoms. The molecular weight excluding hydrogens is 335 g/mol. The normalized spacial score (nSPS) is 15.1. The molecule has 0 fully saturated rings. The van der Waals surface area contributed by atoms with Crippen molar-refractivity contribution in [3.8, 4) is 0 Å². The summed E-state index contributed by atoms with van der Waals surface area (Å²) in [6.45, 7) is -0.383. The minimum Gasteiger partial charge on any atom is -0.382 e. The number of amides is 1. The van der Waals surface area contributed by atoms with Gasteiger partial charge in [0.1, 0.15) is 12.2 Å². The third kappa shape index (κ3) is 3.70. The van der Waals surface area contributed by atoms with Crippen LogP contribution in [0.2, 0.25) is 0 Å². The van der Waals surface area contributed by atoms with Gasteiger partial charge in [0.2, 0.25) is 0 Å². The predicted molar refractivity (Wildman–Crippen MR) is 83.8 cm³/mol. The van der Waals surface area contributed by atoms with Crippen LogP contribution in [0.4, 0.5) is 13.2 Å². The molecule has 25 heavy (non-hydrogen) atoms. The van der Waals surface area contributed by atoms with E-state index in [0.29, 0.717) is 30.7 Å². The highest BCUT2D eigenvalue weighted by Crippen LogP contribution is 2.35. The number of halogens is 3. The molecule has 0 atom stereocenters. The van der Waals surface area contributed by atoms with Crippen LogP contribution in [0.1, 0.15) is 35.5 Å². The Bertz CT molecular complexity index is 811. The van der Waals surface area contributed by atoms with Gasteiger partial charge in [0.15, 0.2) is 11.5 Å². The molecule has 0 saturated heterocycles. The minimum absolute atomic E-state index is 0.0809. The first kappa shape index (κ1) is 17.1. The quantitative estimate of drug-likeness (QED) is 0.678. The summed E-state index contributed by atoms with van der Waals surface area (Å²) in [5.74, 6) is -0.754. The van der Waals surface area contributed by atoms with Crippen LogP contribution in [0.5, 0.6) is 0 Å². The number of nitrogens with two attached hydrogens (primary N) is 1. The highest BCUT2D eigenvalue weighted by atomic mass is 19.4. The van der Waals surface area contributed by atoms with E-state index in [4.69, 9.17) is 5.73 Å². The molecule has 0 aliphatic heterocycles. The summed E-state index contributed by atoms with van der Waals surface area (Å²) >= 11 is 0. The lowest BCUT2D eigenvalue weighted by Gasteiger charge is -2.14. The Labute approximate surface area is 141 Å². The number of fused-ring (bicyclic) bond motifs is 1. The van der Waals surface area contributed by atoms with Crippen LogP contribution in [0.15, 0.2) is 29.4 Å². The number of pyridine rings is 1. The average Bonchev–Trinajstić information content (AvgIpc) is 2.94. The SMILES string of the molecule is NC(=NC(=O)Cn1nc(C(F)(F)F)c2c1CCCC2)c1ccccn1. The molecule has 1 aliphatic rings. The molecule has 9 heteroatoms. The summed E-state index contributed by atoms with van der Waals surface area (Å²) in [6, 6.07) is 4.96. The highest BCUT2D eigenvalue weighted by Gasteiger charge is 2.39. The number of carbonyl (C=O) groups is 1. The maximum atomic E-state index is 13.1. The maximum absolute atomic E-state index is 13.1. The lowest BCUT2D eigenvalue weighted by molar-refractivity contribution is -0.142. The second kappa shape index (κ2) is 6.66. The molecule has 2 N–H and O–H groups in total. The van der Waals surface area contributed by atoms with Crippen LogP contribution in [0.3, 0.4) is 0 Å². The zero-order valence-corrected chi connectivity index (χ0v) is 13.3. The van der Waals surface area contributed by atoms with Gasteiger partial charge in [-0.25, -0.2) is 0 Å². The topological polar surface area (TPSA) is 86.2 Å². The molecule has 2 aromatic rings. The van der Waals surface area contributed by atoms with Gasteiger partial charge in [-0.2, -0.15) is 23.3 Å². The molecule has 3 rings (SSSR count). The van der Waals surface area contributed by atoms with Crippen molar-refractivity contribution < 1.29 is 18.0 Å². The molecular formula is C16H16F3N5O. The number of rotatable bonds is 3. The van der Waals surface area contributed by atoms with Gasteiger partial charge in [-0.05, 0) is 37.8 Å². The van der Waals surface area contributed by atoms with Crippen molar-refractivity contribution >= 4 is 11.7 Å². The standard InChI is InChI=1S/C16H16F3N5O/c17-16(18,19)14-10-5-1-2-7-12(10)24(23-14)9-13(25)22-15(20)11-6-3-4-8-21-11/h3-4,6,8H,1-2,5,7,9H2,(H2,20,22,25). The number of carbonyl (C=O) groups excluding carboxylic acids is 1. The van der Waals surface area contributed by atoms with Crippen molar-refractivity contribution in [2.24, 2.45) is 10.7 Å². The first-order valence-electron chi connectivity index (χ1n) is 7.80. The van der Waals surface area contributed by atoms with E-state index >= 15 is 0 Å². The summed E-state index contributed by atoms with van der Waals surface area (Å²) in [6.07, 6.45) is -0.805. The monoisotopic (exact) mass is 351 g/mol. The number of amidine groups is 1. The van der Waals surface area contributed by atoms with Gasteiger partial charge < -0.3 is 5.73 Å². The highest BCUT2D eigenvalue weighted by molar-refractivity contribution is 6.02. The zero-order valence-electron chi connectivity index (χ0n) is 13.3. The molecule has 2 aromatic heterocycles. The zero-order chi connectivity index (χ0) is 18.0. The number of hydrogen-bond donors (Lipinski definition) is 1. The van der Waals surface area contributed by atoms with E-state index < -0.39 is 17.8 Å². The van der Waals surface area contributed by atoms with E-state index in [9.17, 15) is 18.0 Å². The number of alkyl halides is 3.